The molecule has 0 N–H and O–H groups in total. The summed E-state index contributed by atoms with van der Waals surface area (Å²) in [6.07, 6.45) is 8.14. The van der Waals surface area contributed by atoms with Crippen molar-refractivity contribution >= 4 is 0 Å². The van der Waals surface area contributed by atoms with E-state index < -0.39 is 0 Å². The molecule has 1 unspecified atom stereocenters. The molecule has 1 saturated heterocycles. The van der Waals surface area contributed by atoms with E-state index in [1.54, 1.807) is 0 Å². The van der Waals surface area contributed by atoms with E-state index in [4.69, 9.17) is 4.74 Å². The minimum absolute atomic E-state index is 0.194. The van der Waals surface area contributed by atoms with E-state index in [9.17, 15) is 0 Å². The molecule has 1 heteroatoms. The van der Waals surface area contributed by atoms with E-state index in [2.05, 4.69) is 56.3 Å². The minimum atomic E-state index is 0.194. The Morgan fingerprint density at radius 2 is 1.89 bits per heavy atom. The third-order valence-corrected chi connectivity index (χ3v) is 4.31. The summed E-state index contributed by atoms with van der Waals surface area (Å²) in [7, 11) is 0. The van der Waals surface area contributed by atoms with Crippen molar-refractivity contribution in [2.24, 2.45) is 5.92 Å². The van der Waals surface area contributed by atoms with E-state index in [0.29, 0.717) is 5.92 Å². The fourth-order valence-electron chi connectivity index (χ4n) is 3.34. The van der Waals surface area contributed by atoms with Gasteiger partial charge in [0.05, 0.1) is 0 Å². The van der Waals surface area contributed by atoms with Gasteiger partial charge in [-0.05, 0) is 37.7 Å². The molecular weight excluding hydrogens is 220 g/mol. The molecule has 0 aromatic heterocycles. The van der Waals surface area contributed by atoms with Crippen LogP contribution in [0.25, 0.3) is 0 Å². The van der Waals surface area contributed by atoms with Crippen molar-refractivity contribution in [3.05, 3.63) is 48.0 Å². The standard InChI is InChI=1S/C17H24O/c1-3-12-17(4-2,15-8-6-5-7-9-15)16-10-13-18-14-11-16/h3,5-9,12,16H,4,10-11,13-14H2,1-2H3/b12-3-. The summed E-state index contributed by atoms with van der Waals surface area (Å²) in [6, 6.07) is 11.0. The Morgan fingerprint density at radius 3 is 2.44 bits per heavy atom. The second-order valence-electron chi connectivity index (χ2n) is 5.15. The fraction of sp³-hybridized carbons (Fsp3) is 0.529. The average molecular weight is 244 g/mol. The molecule has 0 amide bonds. The SMILES string of the molecule is C/C=C\C(CC)(c1ccccc1)C1CCOCC1. The van der Waals surface area contributed by atoms with E-state index in [1.807, 2.05) is 0 Å². The van der Waals surface area contributed by atoms with Gasteiger partial charge in [-0.15, -0.1) is 0 Å². The molecule has 1 aliphatic heterocycles. The second-order valence-corrected chi connectivity index (χ2v) is 5.15. The van der Waals surface area contributed by atoms with Gasteiger partial charge in [0.25, 0.3) is 0 Å². The van der Waals surface area contributed by atoms with E-state index in [0.717, 1.165) is 19.6 Å². The number of ether oxygens (including phenoxy) is 1. The highest BCUT2D eigenvalue weighted by atomic mass is 16.5. The van der Waals surface area contributed by atoms with Crippen molar-refractivity contribution in [2.45, 2.75) is 38.5 Å². The lowest BCUT2D eigenvalue weighted by atomic mass is 9.65. The summed E-state index contributed by atoms with van der Waals surface area (Å²) in [4.78, 5) is 0. The molecule has 1 fully saturated rings. The first-order chi connectivity index (χ1) is 8.83. The number of rotatable bonds is 4. The van der Waals surface area contributed by atoms with Crippen LogP contribution in [0.1, 0.15) is 38.7 Å². The van der Waals surface area contributed by atoms with Gasteiger partial charge in [-0.1, -0.05) is 49.4 Å². The van der Waals surface area contributed by atoms with Crippen molar-refractivity contribution in [1.82, 2.24) is 0 Å². The van der Waals surface area contributed by atoms with Crippen molar-refractivity contribution in [3.63, 3.8) is 0 Å². The van der Waals surface area contributed by atoms with Gasteiger partial charge in [-0.2, -0.15) is 0 Å². The third-order valence-electron chi connectivity index (χ3n) is 4.31. The van der Waals surface area contributed by atoms with Gasteiger partial charge in [0, 0.05) is 18.6 Å². The van der Waals surface area contributed by atoms with Crippen LogP contribution < -0.4 is 0 Å². The molecule has 1 atom stereocenters. The molecule has 1 nitrogen and oxygen atoms in total. The predicted octanol–water partition coefficient (Wildman–Crippen LogP) is 4.34. The van der Waals surface area contributed by atoms with Crippen LogP contribution in [0.5, 0.6) is 0 Å². The third kappa shape index (κ3) is 2.51. The zero-order valence-corrected chi connectivity index (χ0v) is 11.6. The Labute approximate surface area is 111 Å². The normalized spacial score (nSPS) is 21.0. The predicted molar refractivity (Wildman–Crippen MR) is 76.8 cm³/mol. The number of benzene rings is 1. The van der Waals surface area contributed by atoms with Gasteiger partial charge < -0.3 is 4.74 Å². The average Bonchev–Trinajstić information content (AvgIpc) is 2.47. The second kappa shape index (κ2) is 6.19. The first-order valence-corrected chi connectivity index (χ1v) is 7.10. The summed E-state index contributed by atoms with van der Waals surface area (Å²) < 4.78 is 5.53. The fourth-order valence-corrected chi connectivity index (χ4v) is 3.34. The van der Waals surface area contributed by atoms with Gasteiger partial charge >= 0.3 is 0 Å². The van der Waals surface area contributed by atoms with Gasteiger partial charge in [0.15, 0.2) is 0 Å². The first kappa shape index (κ1) is 13.4. The van der Waals surface area contributed by atoms with Crippen LogP contribution in [0.2, 0.25) is 0 Å². The quantitative estimate of drug-likeness (QED) is 0.716. The molecular formula is C17H24O. The highest BCUT2D eigenvalue weighted by molar-refractivity contribution is 5.32. The summed E-state index contributed by atoms with van der Waals surface area (Å²) >= 11 is 0. The Kier molecular flexibility index (Phi) is 4.60. The van der Waals surface area contributed by atoms with Gasteiger partial charge in [0.2, 0.25) is 0 Å². The maximum Gasteiger partial charge on any atom is 0.0469 e. The Morgan fingerprint density at radius 1 is 1.22 bits per heavy atom. The molecule has 1 aliphatic rings. The lowest BCUT2D eigenvalue weighted by Gasteiger charge is -2.40. The zero-order chi connectivity index (χ0) is 12.8. The molecule has 1 heterocycles. The lowest BCUT2D eigenvalue weighted by molar-refractivity contribution is 0.0449. The van der Waals surface area contributed by atoms with Crippen LogP contribution in [-0.4, -0.2) is 13.2 Å². The smallest absolute Gasteiger partial charge is 0.0469 e. The van der Waals surface area contributed by atoms with Crippen LogP contribution in [0.3, 0.4) is 0 Å². The molecule has 2 rings (SSSR count). The minimum Gasteiger partial charge on any atom is -0.381 e. The largest absolute Gasteiger partial charge is 0.381 e. The van der Waals surface area contributed by atoms with Crippen molar-refractivity contribution in [1.29, 1.82) is 0 Å². The number of hydrogen-bond acceptors (Lipinski definition) is 1. The molecule has 0 spiro atoms. The van der Waals surface area contributed by atoms with E-state index in [-0.39, 0.29) is 5.41 Å². The van der Waals surface area contributed by atoms with Crippen molar-refractivity contribution in [2.75, 3.05) is 13.2 Å². The molecule has 0 bridgehead atoms. The molecule has 0 saturated carbocycles. The molecule has 0 aliphatic carbocycles. The highest BCUT2D eigenvalue weighted by Crippen LogP contribution is 2.42. The summed E-state index contributed by atoms with van der Waals surface area (Å²) in [5.74, 6) is 0.704. The van der Waals surface area contributed by atoms with Crippen LogP contribution in [-0.2, 0) is 10.2 Å². The van der Waals surface area contributed by atoms with Crippen LogP contribution in [0.4, 0.5) is 0 Å². The maximum absolute atomic E-state index is 5.53. The first-order valence-electron chi connectivity index (χ1n) is 7.10. The molecule has 1 aromatic rings. The summed E-state index contributed by atoms with van der Waals surface area (Å²) in [6.45, 7) is 6.27. The summed E-state index contributed by atoms with van der Waals surface area (Å²) in [5.41, 5.74) is 1.65. The maximum atomic E-state index is 5.53. The summed E-state index contributed by atoms with van der Waals surface area (Å²) in [5, 5.41) is 0. The van der Waals surface area contributed by atoms with Crippen molar-refractivity contribution < 1.29 is 4.74 Å². The van der Waals surface area contributed by atoms with Crippen LogP contribution in [0, 0.1) is 5.92 Å². The van der Waals surface area contributed by atoms with Gasteiger partial charge in [0.1, 0.15) is 0 Å². The molecule has 1 aromatic carbocycles. The molecule has 0 radical (unpaired) electrons. The Hall–Kier alpha value is -1.08. The Bertz CT molecular complexity index is 376. The van der Waals surface area contributed by atoms with Gasteiger partial charge in [-0.3, -0.25) is 0 Å². The monoisotopic (exact) mass is 244 g/mol. The van der Waals surface area contributed by atoms with Crippen LogP contribution >= 0.6 is 0 Å². The van der Waals surface area contributed by atoms with E-state index in [1.165, 1.54) is 18.4 Å². The highest BCUT2D eigenvalue weighted by Gasteiger charge is 2.37. The molecule has 18 heavy (non-hydrogen) atoms. The number of allylic oxidation sites excluding steroid dienone is 2. The van der Waals surface area contributed by atoms with Crippen molar-refractivity contribution in [3.8, 4) is 0 Å². The van der Waals surface area contributed by atoms with Gasteiger partial charge in [-0.25, -0.2) is 0 Å². The zero-order valence-electron chi connectivity index (χ0n) is 11.6. The number of hydrogen-bond donors (Lipinski definition) is 0. The topological polar surface area (TPSA) is 9.23 Å². The molecule has 98 valence electrons. The van der Waals surface area contributed by atoms with E-state index >= 15 is 0 Å². The van der Waals surface area contributed by atoms with Crippen LogP contribution in [0.15, 0.2) is 42.5 Å². The lowest BCUT2D eigenvalue weighted by Crippen LogP contribution is -2.36. The Balaban J connectivity index is 2.38.